The topological polar surface area (TPSA) is 87.7 Å². The molecule has 2 heterocycles. The molecule has 8 heteroatoms. The van der Waals surface area contributed by atoms with Gasteiger partial charge < -0.3 is 19.9 Å². The molecule has 0 unspecified atom stereocenters. The van der Waals surface area contributed by atoms with Crippen LogP contribution < -0.4 is 15.0 Å². The minimum atomic E-state index is -0.296. The number of piperazine rings is 1. The first kappa shape index (κ1) is 18.6. The third-order valence-corrected chi connectivity index (χ3v) is 4.34. The molecule has 0 aliphatic carbocycles. The average Bonchev–Trinajstić information content (AvgIpc) is 2.70. The highest BCUT2D eigenvalue weighted by Gasteiger charge is 2.20. The average molecular weight is 369 g/mol. The zero-order valence-corrected chi connectivity index (χ0v) is 15.5. The van der Waals surface area contributed by atoms with E-state index in [4.69, 9.17) is 4.74 Å². The fourth-order valence-electron chi connectivity index (χ4n) is 2.87. The van der Waals surface area contributed by atoms with Gasteiger partial charge in [0.15, 0.2) is 0 Å². The number of carbonyl (C=O) groups is 2. The number of rotatable bonds is 5. The molecule has 2 amide bonds. The summed E-state index contributed by atoms with van der Waals surface area (Å²) in [6, 6.07) is 7.27. The lowest BCUT2D eigenvalue weighted by atomic mass is 10.2. The van der Waals surface area contributed by atoms with Gasteiger partial charge >= 0.3 is 0 Å². The Morgan fingerprint density at radius 2 is 1.78 bits per heavy atom. The molecule has 1 aromatic carbocycles. The number of aromatic nitrogens is 2. The Balaban J connectivity index is 1.64. The van der Waals surface area contributed by atoms with Gasteiger partial charge in [-0.15, -0.1) is 0 Å². The second-order valence-corrected chi connectivity index (χ2v) is 6.15. The minimum Gasteiger partial charge on any atom is -0.492 e. The number of benzene rings is 1. The van der Waals surface area contributed by atoms with Crippen molar-refractivity contribution in [2.45, 2.75) is 13.8 Å². The van der Waals surface area contributed by atoms with E-state index in [0.717, 1.165) is 0 Å². The molecular weight excluding hydrogens is 346 g/mol. The van der Waals surface area contributed by atoms with E-state index in [1.807, 2.05) is 24.0 Å². The van der Waals surface area contributed by atoms with Gasteiger partial charge in [0, 0.05) is 45.5 Å². The van der Waals surface area contributed by atoms with Gasteiger partial charge in [-0.1, -0.05) is 12.1 Å². The molecule has 1 N–H and O–H groups in total. The van der Waals surface area contributed by atoms with Crippen molar-refractivity contribution in [1.82, 2.24) is 14.9 Å². The molecule has 3 rings (SSSR count). The van der Waals surface area contributed by atoms with Crippen LogP contribution in [0.2, 0.25) is 0 Å². The molecule has 1 aromatic heterocycles. The van der Waals surface area contributed by atoms with Crippen molar-refractivity contribution in [3.8, 4) is 5.75 Å². The lowest BCUT2D eigenvalue weighted by molar-refractivity contribution is -0.129. The summed E-state index contributed by atoms with van der Waals surface area (Å²) >= 11 is 0. The van der Waals surface area contributed by atoms with Crippen LogP contribution in [0.4, 0.5) is 11.6 Å². The van der Waals surface area contributed by atoms with Gasteiger partial charge in [-0.25, -0.2) is 9.97 Å². The normalized spacial score (nSPS) is 14.0. The van der Waals surface area contributed by atoms with Crippen LogP contribution in [0.1, 0.15) is 24.2 Å². The van der Waals surface area contributed by atoms with Crippen LogP contribution in [-0.4, -0.2) is 59.5 Å². The summed E-state index contributed by atoms with van der Waals surface area (Å²) < 4.78 is 5.52. The molecule has 2 aromatic rings. The second-order valence-electron chi connectivity index (χ2n) is 6.15. The molecule has 0 atom stereocenters. The van der Waals surface area contributed by atoms with Crippen molar-refractivity contribution in [2.24, 2.45) is 0 Å². The first-order chi connectivity index (χ1) is 13.1. The van der Waals surface area contributed by atoms with Gasteiger partial charge in [-0.2, -0.15) is 0 Å². The highest BCUT2D eigenvalue weighted by atomic mass is 16.5. The molecule has 142 valence electrons. The number of nitrogens with zero attached hydrogens (tertiary/aromatic N) is 4. The maximum absolute atomic E-state index is 12.5. The van der Waals surface area contributed by atoms with E-state index >= 15 is 0 Å². The van der Waals surface area contributed by atoms with Gasteiger partial charge in [0.2, 0.25) is 11.9 Å². The molecule has 1 aliphatic heterocycles. The number of hydrogen-bond donors (Lipinski definition) is 1. The predicted octanol–water partition coefficient (Wildman–Crippen LogP) is 1.80. The predicted molar refractivity (Wildman–Crippen MR) is 102 cm³/mol. The van der Waals surface area contributed by atoms with E-state index in [9.17, 15) is 9.59 Å². The highest BCUT2D eigenvalue weighted by Crippen LogP contribution is 2.24. The third kappa shape index (κ3) is 4.52. The number of ether oxygens (including phenoxy) is 1. The van der Waals surface area contributed by atoms with Crippen LogP contribution in [0, 0.1) is 0 Å². The lowest BCUT2D eigenvalue weighted by Crippen LogP contribution is -2.48. The highest BCUT2D eigenvalue weighted by molar-refractivity contribution is 6.04. The van der Waals surface area contributed by atoms with Crippen molar-refractivity contribution in [1.29, 1.82) is 0 Å². The zero-order valence-electron chi connectivity index (χ0n) is 15.5. The Hall–Kier alpha value is -3.16. The molecule has 1 fully saturated rings. The van der Waals surface area contributed by atoms with Crippen LogP contribution in [-0.2, 0) is 4.79 Å². The van der Waals surface area contributed by atoms with E-state index in [-0.39, 0.29) is 11.8 Å². The molecule has 1 saturated heterocycles. The summed E-state index contributed by atoms with van der Waals surface area (Å²) in [5.74, 6) is 0.962. The Kier molecular flexibility index (Phi) is 5.85. The van der Waals surface area contributed by atoms with Crippen LogP contribution >= 0.6 is 0 Å². The molecule has 27 heavy (non-hydrogen) atoms. The minimum absolute atomic E-state index is 0.0786. The van der Waals surface area contributed by atoms with Crippen LogP contribution in [0.3, 0.4) is 0 Å². The summed E-state index contributed by atoms with van der Waals surface area (Å²) in [5, 5.41) is 2.83. The van der Waals surface area contributed by atoms with Gasteiger partial charge in [0.1, 0.15) is 5.75 Å². The number of carbonyl (C=O) groups excluding carboxylic acids is 2. The van der Waals surface area contributed by atoms with Crippen molar-refractivity contribution in [3.63, 3.8) is 0 Å². The first-order valence-corrected chi connectivity index (χ1v) is 8.94. The van der Waals surface area contributed by atoms with Crippen molar-refractivity contribution in [3.05, 3.63) is 42.2 Å². The largest absolute Gasteiger partial charge is 0.492 e. The van der Waals surface area contributed by atoms with E-state index in [1.54, 1.807) is 24.0 Å². The molecule has 1 aliphatic rings. The van der Waals surface area contributed by atoms with Crippen LogP contribution in [0.5, 0.6) is 5.75 Å². The first-order valence-electron chi connectivity index (χ1n) is 8.94. The number of nitrogens with one attached hydrogen (secondary N) is 1. The smallest absolute Gasteiger partial charge is 0.258 e. The fourth-order valence-corrected chi connectivity index (χ4v) is 2.87. The SMILES string of the molecule is CCOc1ccccc1NC(=O)c1cnc(N2CCN(C(C)=O)CC2)nc1. The maximum atomic E-state index is 12.5. The van der Waals surface area contributed by atoms with E-state index < -0.39 is 0 Å². The number of amides is 2. The fraction of sp³-hybridized carbons (Fsp3) is 0.368. The quantitative estimate of drug-likeness (QED) is 0.865. The molecule has 0 saturated carbocycles. The van der Waals surface area contributed by atoms with Gasteiger partial charge in [-0.05, 0) is 19.1 Å². The standard InChI is InChI=1S/C19H23N5O3/c1-3-27-17-7-5-4-6-16(17)22-18(26)15-12-20-19(21-13-15)24-10-8-23(9-11-24)14(2)25/h4-7,12-13H,3,8-11H2,1-2H3,(H,22,26). The Bertz CT molecular complexity index is 801. The van der Waals surface area contributed by atoms with Crippen LogP contribution in [0.15, 0.2) is 36.7 Å². The van der Waals surface area contributed by atoms with E-state index in [1.165, 1.54) is 12.4 Å². The van der Waals surface area contributed by atoms with Crippen molar-refractivity contribution >= 4 is 23.5 Å². The molecular formula is C19H23N5O3. The lowest BCUT2D eigenvalue weighted by Gasteiger charge is -2.34. The molecule has 0 bridgehead atoms. The van der Waals surface area contributed by atoms with E-state index in [0.29, 0.717) is 55.7 Å². The van der Waals surface area contributed by atoms with Crippen LogP contribution in [0.25, 0.3) is 0 Å². The van der Waals surface area contributed by atoms with Crippen molar-refractivity contribution in [2.75, 3.05) is 43.0 Å². The van der Waals surface area contributed by atoms with E-state index in [2.05, 4.69) is 15.3 Å². The molecule has 8 nitrogen and oxygen atoms in total. The van der Waals surface area contributed by atoms with Crippen molar-refractivity contribution < 1.29 is 14.3 Å². The zero-order chi connectivity index (χ0) is 19.2. The maximum Gasteiger partial charge on any atom is 0.258 e. The summed E-state index contributed by atoms with van der Waals surface area (Å²) in [6.07, 6.45) is 3.02. The Morgan fingerprint density at radius 1 is 1.11 bits per heavy atom. The molecule has 0 radical (unpaired) electrons. The monoisotopic (exact) mass is 369 g/mol. The second kappa shape index (κ2) is 8.48. The van der Waals surface area contributed by atoms with Gasteiger partial charge in [0.25, 0.3) is 5.91 Å². The number of hydrogen-bond acceptors (Lipinski definition) is 6. The molecule has 0 spiro atoms. The van der Waals surface area contributed by atoms with Gasteiger partial charge in [-0.3, -0.25) is 9.59 Å². The number of para-hydroxylation sites is 2. The summed E-state index contributed by atoms with van der Waals surface area (Å²) in [7, 11) is 0. The number of anilines is 2. The summed E-state index contributed by atoms with van der Waals surface area (Å²) in [4.78, 5) is 36.3. The summed E-state index contributed by atoms with van der Waals surface area (Å²) in [5.41, 5.74) is 0.973. The Morgan fingerprint density at radius 3 is 2.41 bits per heavy atom. The Labute approximate surface area is 158 Å². The summed E-state index contributed by atoms with van der Waals surface area (Å²) in [6.45, 7) is 6.62. The third-order valence-electron chi connectivity index (χ3n) is 4.34. The van der Waals surface area contributed by atoms with Gasteiger partial charge in [0.05, 0.1) is 17.9 Å².